The second kappa shape index (κ2) is 7.76. The van der Waals surface area contributed by atoms with Gasteiger partial charge in [0.05, 0.1) is 11.9 Å². The number of nitrogens with zero attached hydrogens (tertiary/aromatic N) is 4. The number of anilines is 1. The van der Waals surface area contributed by atoms with E-state index in [9.17, 15) is 9.59 Å². The van der Waals surface area contributed by atoms with Gasteiger partial charge in [-0.1, -0.05) is 29.3 Å². The van der Waals surface area contributed by atoms with Crippen molar-refractivity contribution in [3.8, 4) is 5.69 Å². The van der Waals surface area contributed by atoms with E-state index in [0.717, 1.165) is 28.1 Å². The summed E-state index contributed by atoms with van der Waals surface area (Å²) in [4.78, 5) is 29.8. The zero-order valence-corrected chi connectivity index (χ0v) is 17.6. The first-order chi connectivity index (χ1) is 14.3. The van der Waals surface area contributed by atoms with Crippen molar-refractivity contribution in [2.75, 3.05) is 5.32 Å². The van der Waals surface area contributed by atoms with E-state index in [0.29, 0.717) is 16.1 Å². The number of hydrogen-bond donors (Lipinski definition) is 1. The van der Waals surface area contributed by atoms with Gasteiger partial charge >= 0.3 is 0 Å². The van der Waals surface area contributed by atoms with Crippen molar-refractivity contribution in [1.82, 2.24) is 19.3 Å². The quantitative estimate of drug-likeness (QED) is 0.543. The third-order valence-electron chi connectivity index (χ3n) is 4.88. The number of carbonyl (C=O) groups is 1. The van der Waals surface area contributed by atoms with E-state index in [1.54, 1.807) is 28.9 Å². The maximum Gasteiger partial charge on any atom is 0.264 e. The minimum atomic E-state index is -0.326. The first-order valence-corrected chi connectivity index (χ1v) is 9.78. The number of amides is 1. The van der Waals surface area contributed by atoms with Crippen LogP contribution in [0.25, 0.3) is 16.7 Å². The average molecular weight is 422 g/mol. The number of fused-ring (bicyclic) bond motifs is 1. The van der Waals surface area contributed by atoms with Crippen LogP contribution in [0, 0.1) is 20.8 Å². The summed E-state index contributed by atoms with van der Waals surface area (Å²) in [6, 6.07) is 11.1. The normalized spacial score (nSPS) is 11.1. The SMILES string of the molecule is Cc1cc(C)c(NC(=O)Cn2cnc3c(cnn3-c3ccc(Cl)cc3)c2=O)c(C)c1. The molecule has 4 rings (SSSR count). The van der Waals surface area contributed by atoms with Gasteiger partial charge in [0.1, 0.15) is 18.3 Å². The molecule has 0 spiro atoms. The molecule has 2 aromatic heterocycles. The molecule has 0 bridgehead atoms. The van der Waals surface area contributed by atoms with E-state index in [1.807, 2.05) is 32.9 Å². The highest BCUT2D eigenvalue weighted by atomic mass is 35.5. The Balaban J connectivity index is 1.61. The van der Waals surface area contributed by atoms with E-state index in [4.69, 9.17) is 11.6 Å². The average Bonchev–Trinajstić information content (AvgIpc) is 3.12. The van der Waals surface area contributed by atoms with Crippen molar-refractivity contribution >= 4 is 34.2 Å². The zero-order valence-electron chi connectivity index (χ0n) is 16.8. The van der Waals surface area contributed by atoms with Gasteiger partial charge in [0.15, 0.2) is 5.65 Å². The molecule has 8 heteroatoms. The Morgan fingerprint density at radius 1 is 1.10 bits per heavy atom. The Labute approximate surface area is 177 Å². The van der Waals surface area contributed by atoms with Gasteiger partial charge in [0.2, 0.25) is 5.91 Å². The minimum Gasteiger partial charge on any atom is -0.324 e. The molecule has 30 heavy (non-hydrogen) atoms. The predicted molar refractivity (Wildman–Crippen MR) is 117 cm³/mol. The highest BCUT2D eigenvalue weighted by molar-refractivity contribution is 6.30. The molecule has 152 valence electrons. The number of carbonyl (C=O) groups excluding carboxylic acids is 1. The van der Waals surface area contributed by atoms with Gasteiger partial charge in [0.25, 0.3) is 5.56 Å². The molecule has 0 aliphatic rings. The standard InChI is InChI=1S/C22H20ClN5O2/c1-13-8-14(2)20(15(3)9-13)26-19(29)11-27-12-24-21-18(22(27)30)10-25-28(21)17-6-4-16(23)5-7-17/h4-10,12H,11H2,1-3H3,(H,26,29). The van der Waals surface area contributed by atoms with Crippen LogP contribution in [0.1, 0.15) is 16.7 Å². The maximum atomic E-state index is 12.9. The molecule has 1 N–H and O–H groups in total. The Morgan fingerprint density at radius 3 is 2.43 bits per heavy atom. The summed E-state index contributed by atoms with van der Waals surface area (Å²) in [5.74, 6) is -0.293. The smallest absolute Gasteiger partial charge is 0.264 e. The number of hydrogen-bond acceptors (Lipinski definition) is 4. The molecule has 1 amide bonds. The molecular formula is C22H20ClN5O2. The van der Waals surface area contributed by atoms with Crippen molar-refractivity contribution in [3.05, 3.63) is 81.0 Å². The summed E-state index contributed by atoms with van der Waals surface area (Å²) in [5.41, 5.74) is 4.69. The van der Waals surface area contributed by atoms with E-state index in [-0.39, 0.29) is 18.0 Å². The summed E-state index contributed by atoms with van der Waals surface area (Å²) >= 11 is 5.93. The lowest BCUT2D eigenvalue weighted by Gasteiger charge is -2.13. The molecule has 0 aliphatic heterocycles. The van der Waals surface area contributed by atoms with Crippen LogP contribution in [0.5, 0.6) is 0 Å². The molecule has 7 nitrogen and oxygen atoms in total. The van der Waals surface area contributed by atoms with Crippen molar-refractivity contribution < 1.29 is 4.79 Å². The molecule has 0 unspecified atom stereocenters. The van der Waals surface area contributed by atoms with Crippen LogP contribution in [0.3, 0.4) is 0 Å². The lowest BCUT2D eigenvalue weighted by Crippen LogP contribution is -2.28. The monoisotopic (exact) mass is 421 g/mol. The van der Waals surface area contributed by atoms with Gasteiger partial charge in [-0.15, -0.1) is 0 Å². The van der Waals surface area contributed by atoms with Gasteiger partial charge in [0, 0.05) is 10.7 Å². The fraction of sp³-hybridized carbons (Fsp3) is 0.182. The van der Waals surface area contributed by atoms with Crippen LogP contribution in [0.2, 0.25) is 5.02 Å². The van der Waals surface area contributed by atoms with E-state index < -0.39 is 0 Å². The summed E-state index contributed by atoms with van der Waals surface area (Å²) < 4.78 is 2.85. The number of halogens is 1. The maximum absolute atomic E-state index is 12.9. The van der Waals surface area contributed by atoms with Crippen molar-refractivity contribution in [2.45, 2.75) is 27.3 Å². The fourth-order valence-corrected chi connectivity index (χ4v) is 3.67. The first-order valence-electron chi connectivity index (χ1n) is 9.40. The highest BCUT2D eigenvalue weighted by Gasteiger charge is 2.14. The highest BCUT2D eigenvalue weighted by Crippen LogP contribution is 2.22. The molecule has 0 aliphatic carbocycles. The van der Waals surface area contributed by atoms with Crippen molar-refractivity contribution in [1.29, 1.82) is 0 Å². The number of aromatic nitrogens is 4. The predicted octanol–water partition coefficient (Wildman–Crippen LogP) is 3.80. The molecule has 2 aromatic carbocycles. The van der Waals surface area contributed by atoms with E-state index in [2.05, 4.69) is 15.4 Å². The zero-order chi connectivity index (χ0) is 21.4. The lowest BCUT2D eigenvalue weighted by atomic mass is 10.1. The van der Waals surface area contributed by atoms with Gasteiger partial charge in [-0.25, -0.2) is 9.67 Å². The lowest BCUT2D eigenvalue weighted by molar-refractivity contribution is -0.116. The number of benzene rings is 2. The first kappa shape index (κ1) is 19.8. The molecule has 0 atom stereocenters. The largest absolute Gasteiger partial charge is 0.324 e. The number of aryl methyl sites for hydroxylation is 3. The summed E-state index contributed by atoms with van der Waals surface area (Å²) in [7, 11) is 0. The van der Waals surface area contributed by atoms with E-state index in [1.165, 1.54) is 17.1 Å². The van der Waals surface area contributed by atoms with Crippen LogP contribution in [-0.4, -0.2) is 25.2 Å². The number of nitrogens with one attached hydrogen (secondary N) is 1. The van der Waals surface area contributed by atoms with E-state index >= 15 is 0 Å². The third kappa shape index (κ3) is 3.71. The Hall–Kier alpha value is -3.45. The topological polar surface area (TPSA) is 81.8 Å². The summed E-state index contributed by atoms with van der Waals surface area (Å²) in [6.45, 7) is 5.76. The Kier molecular flexibility index (Phi) is 5.13. The molecule has 0 radical (unpaired) electrons. The Morgan fingerprint density at radius 2 is 1.77 bits per heavy atom. The van der Waals surface area contributed by atoms with Gasteiger partial charge in [-0.2, -0.15) is 5.10 Å². The van der Waals surface area contributed by atoms with Gasteiger partial charge < -0.3 is 5.32 Å². The van der Waals surface area contributed by atoms with Crippen LogP contribution in [-0.2, 0) is 11.3 Å². The molecule has 2 heterocycles. The molecular weight excluding hydrogens is 402 g/mol. The second-order valence-electron chi connectivity index (χ2n) is 7.27. The molecule has 0 saturated heterocycles. The third-order valence-corrected chi connectivity index (χ3v) is 5.13. The second-order valence-corrected chi connectivity index (χ2v) is 7.71. The summed E-state index contributed by atoms with van der Waals surface area (Å²) in [6.07, 6.45) is 2.83. The van der Waals surface area contributed by atoms with Crippen LogP contribution in [0.15, 0.2) is 53.7 Å². The molecule has 4 aromatic rings. The van der Waals surface area contributed by atoms with Crippen molar-refractivity contribution in [2.24, 2.45) is 0 Å². The minimum absolute atomic E-state index is 0.138. The number of rotatable bonds is 4. The van der Waals surface area contributed by atoms with Crippen molar-refractivity contribution in [3.63, 3.8) is 0 Å². The molecule has 0 fully saturated rings. The molecule has 0 saturated carbocycles. The van der Waals surface area contributed by atoms with Crippen LogP contribution in [0.4, 0.5) is 5.69 Å². The van der Waals surface area contributed by atoms with Gasteiger partial charge in [-0.3, -0.25) is 14.2 Å². The van der Waals surface area contributed by atoms with Crippen LogP contribution < -0.4 is 10.9 Å². The van der Waals surface area contributed by atoms with Gasteiger partial charge in [-0.05, 0) is 56.2 Å². The summed E-state index contributed by atoms with van der Waals surface area (Å²) in [5, 5.41) is 8.12. The van der Waals surface area contributed by atoms with Crippen LogP contribution >= 0.6 is 11.6 Å². The fourth-order valence-electron chi connectivity index (χ4n) is 3.54. The Bertz CT molecular complexity index is 1300.